The second-order valence-electron chi connectivity index (χ2n) is 6.27. The molecule has 1 atom stereocenters. The summed E-state index contributed by atoms with van der Waals surface area (Å²) >= 11 is 1.24. The van der Waals surface area contributed by atoms with E-state index in [1.165, 1.54) is 32.1 Å². The van der Waals surface area contributed by atoms with Crippen LogP contribution in [0.3, 0.4) is 0 Å². The molecule has 27 heavy (non-hydrogen) atoms. The highest BCUT2D eigenvalue weighted by atomic mass is 32.1. The highest BCUT2D eigenvalue weighted by molar-refractivity contribution is 7.14. The Balaban J connectivity index is 2.08. The maximum Gasteiger partial charge on any atom is 0.355 e. The van der Waals surface area contributed by atoms with Gasteiger partial charge < -0.3 is 15.0 Å². The third kappa shape index (κ3) is 4.71. The molecule has 2 rings (SSSR count). The van der Waals surface area contributed by atoms with Crippen molar-refractivity contribution in [3.8, 4) is 0 Å². The number of rotatable bonds is 7. The molecule has 2 aromatic rings. The molecule has 0 saturated carbocycles. The Kier molecular flexibility index (Phi) is 6.32. The molecule has 1 amide bonds. The Morgan fingerprint density at radius 1 is 1.19 bits per heavy atom. The van der Waals surface area contributed by atoms with E-state index < -0.39 is 12.1 Å². The van der Waals surface area contributed by atoms with E-state index >= 15 is 0 Å². The zero-order valence-electron chi connectivity index (χ0n) is 15.9. The van der Waals surface area contributed by atoms with E-state index in [-0.39, 0.29) is 23.2 Å². The largest absolute Gasteiger partial charge is 0.450 e. The van der Waals surface area contributed by atoms with Crippen molar-refractivity contribution in [2.75, 3.05) is 0 Å². The summed E-state index contributed by atoms with van der Waals surface area (Å²) in [4.78, 5) is 51.7. The number of Topliss-reactive ketones (excluding diaryl/α,β-unsaturated/α-hetero) is 2. The summed E-state index contributed by atoms with van der Waals surface area (Å²) in [5.41, 5.74) is 1.74. The molecule has 0 aliphatic rings. The SMILES string of the molecule is CC(=O)NCc1ccc(C(=O)C(C)OC(=O)c2[nH]c(C)c(C(C)=O)c2C)s1. The smallest absolute Gasteiger partial charge is 0.355 e. The molecule has 7 nitrogen and oxygen atoms in total. The molecule has 0 aliphatic carbocycles. The van der Waals surface area contributed by atoms with Crippen molar-refractivity contribution in [3.05, 3.63) is 44.4 Å². The molecule has 2 heterocycles. The van der Waals surface area contributed by atoms with Crippen molar-refractivity contribution >= 4 is 34.8 Å². The summed E-state index contributed by atoms with van der Waals surface area (Å²) in [6.45, 7) is 8.07. The molecule has 0 spiro atoms. The number of aryl methyl sites for hydroxylation is 1. The topological polar surface area (TPSA) is 105 Å². The van der Waals surface area contributed by atoms with E-state index in [1.807, 2.05) is 0 Å². The molecule has 144 valence electrons. The van der Waals surface area contributed by atoms with Gasteiger partial charge in [0, 0.05) is 23.1 Å². The van der Waals surface area contributed by atoms with Crippen LogP contribution >= 0.6 is 11.3 Å². The quantitative estimate of drug-likeness (QED) is 0.558. The normalized spacial score (nSPS) is 11.7. The van der Waals surface area contributed by atoms with Gasteiger partial charge in [0.15, 0.2) is 11.9 Å². The van der Waals surface area contributed by atoms with Crippen LogP contribution in [-0.2, 0) is 16.1 Å². The van der Waals surface area contributed by atoms with Crippen LogP contribution in [0.5, 0.6) is 0 Å². The molecule has 1 unspecified atom stereocenters. The molecule has 0 radical (unpaired) electrons. The molecular formula is C19H22N2O5S. The first-order valence-corrected chi connectivity index (χ1v) is 9.21. The minimum atomic E-state index is -0.978. The van der Waals surface area contributed by atoms with Crippen LogP contribution < -0.4 is 5.32 Å². The maximum absolute atomic E-state index is 12.5. The van der Waals surface area contributed by atoms with Crippen molar-refractivity contribution < 1.29 is 23.9 Å². The van der Waals surface area contributed by atoms with E-state index in [4.69, 9.17) is 4.74 Å². The zero-order valence-corrected chi connectivity index (χ0v) is 16.7. The molecular weight excluding hydrogens is 368 g/mol. The minimum absolute atomic E-state index is 0.144. The summed E-state index contributed by atoms with van der Waals surface area (Å²) in [5, 5.41) is 2.66. The summed E-state index contributed by atoms with van der Waals surface area (Å²) in [6, 6.07) is 3.40. The van der Waals surface area contributed by atoms with Gasteiger partial charge in [-0.25, -0.2) is 4.79 Å². The summed E-state index contributed by atoms with van der Waals surface area (Å²) in [6.07, 6.45) is -0.978. The molecule has 2 aromatic heterocycles. The summed E-state index contributed by atoms with van der Waals surface area (Å²) in [5.74, 6) is -1.30. The fraction of sp³-hybridized carbons (Fsp3) is 0.368. The molecule has 0 saturated heterocycles. The summed E-state index contributed by atoms with van der Waals surface area (Å²) < 4.78 is 5.29. The molecule has 0 fully saturated rings. The summed E-state index contributed by atoms with van der Waals surface area (Å²) in [7, 11) is 0. The van der Waals surface area contributed by atoms with Crippen LogP contribution in [0, 0.1) is 13.8 Å². The van der Waals surface area contributed by atoms with Gasteiger partial charge >= 0.3 is 5.97 Å². The van der Waals surface area contributed by atoms with Gasteiger partial charge in [0.1, 0.15) is 5.69 Å². The van der Waals surface area contributed by atoms with E-state index in [2.05, 4.69) is 10.3 Å². The van der Waals surface area contributed by atoms with Gasteiger partial charge in [-0.2, -0.15) is 0 Å². The number of carbonyl (C=O) groups excluding carboxylic acids is 4. The van der Waals surface area contributed by atoms with Crippen molar-refractivity contribution in [2.45, 2.75) is 47.3 Å². The number of nitrogens with one attached hydrogen (secondary N) is 2. The highest BCUT2D eigenvalue weighted by Crippen LogP contribution is 2.22. The first kappa shape index (κ1) is 20.6. The van der Waals surface area contributed by atoms with Gasteiger partial charge in [0.05, 0.1) is 11.4 Å². The molecule has 8 heteroatoms. The van der Waals surface area contributed by atoms with Gasteiger partial charge in [-0.05, 0) is 45.4 Å². The number of carbonyl (C=O) groups is 4. The van der Waals surface area contributed by atoms with E-state index in [9.17, 15) is 19.2 Å². The molecule has 0 aliphatic heterocycles. The first-order chi connectivity index (χ1) is 12.6. The van der Waals surface area contributed by atoms with E-state index in [0.29, 0.717) is 28.2 Å². The number of thiophene rings is 1. The average molecular weight is 390 g/mol. The minimum Gasteiger partial charge on any atom is -0.450 e. The Labute approximate surface area is 161 Å². The second kappa shape index (κ2) is 8.30. The van der Waals surface area contributed by atoms with Gasteiger partial charge in [0.2, 0.25) is 11.7 Å². The van der Waals surface area contributed by atoms with Crippen LogP contribution in [-0.4, -0.2) is 34.5 Å². The number of ketones is 2. The lowest BCUT2D eigenvalue weighted by atomic mass is 10.1. The second-order valence-corrected chi connectivity index (χ2v) is 7.44. The van der Waals surface area contributed by atoms with Crippen LogP contribution in [0.2, 0.25) is 0 Å². The van der Waals surface area contributed by atoms with Crippen LogP contribution in [0.4, 0.5) is 0 Å². The molecule has 2 N–H and O–H groups in total. The number of hydrogen-bond acceptors (Lipinski definition) is 6. The van der Waals surface area contributed by atoms with Crippen LogP contribution in [0.15, 0.2) is 12.1 Å². The van der Waals surface area contributed by atoms with Crippen molar-refractivity contribution in [2.24, 2.45) is 0 Å². The van der Waals surface area contributed by atoms with Gasteiger partial charge in [0.25, 0.3) is 0 Å². The zero-order chi connectivity index (χ0) is 20.3. The van der Waals surface area contributed by atoms with Crippen LogP contribution in [0.1, 0.15) is 67.4 Å². The highest BCUT2D eigenvalue weighted by Gasteiger charge is 2.26. The number of aromatic amines is 1. The van der Waals surface area contributed by atoms with E-state index in [1.54, 1.807) is 26.0 Å². The Bertz CT molecular complexity index is 909. The van der Waals surface area contributed by atoms with Crippen molar-refractivity contribution in [1.29, 1.82) is 0 Å². The number of esters is 1. The van der Waals surface area contributed by atoms with Crippen LogP contribution in [0.25, 0.3) is 0 Å². The average Bonchev–Trinajstić information content (AvgIpc) is 3.16. The van der Waals surface area contributed by atoms with Crippen molar-refractivity contribution in [1.82, 2.24) is 10.3 Å². The maximum atomic E-state index is 12.5. The lowest BCUT2D eigenvalue weighted by Crippen LogP contribution is -2.24. The predicted molar refractivity (Wildman–Crippen MR) is 101 cm³/mol. The monoisotopic (exact) mass is 390 g/mol. The standard InChI is InChI=1S/C19H22N2O5S/c1-9-16(11(3)22)10(2)21-17(9)19(25)26-12(4)18(24)15-7-6-14(27-15)8-20-13(5)23/h6-7,12,21H,8H2,1-5H3,(H,20,23). The number of amides is 1. The third-order valence-electron chi connectivity index (χ3n) is 4.06. The number of aromatic nitrogens is 1. The number of H-pyrrole nitrogens is 1. The molecule has 0 aromatic carbocycles. The van der Waals surface area contributed by atoms with Crippen molar-refractivity contribution in [3.63, 3.8) is 0 Å². The Morgan fingerprint density at radius 3 is 2.41 bits per heavy atom. The Morgan fingerprint density at radius 2 is 1.85 bits per heavy atom. The first-order valence-electron chi connectivity index (χ1n) is 8.40. The third-order valence-corrected chi connectivity index (χ3v) is 5.16. The lowest BCUT2D eigenvalue weighted by molar-refractivity contribution is -0.119. The molecule has 0 bridgehead atoms. The fourth-order valence-corrected chi connectivity index (χ4v) is 3.74. The lowest BCUT2D eigenvalue weighted by Gasteiger charge is -2.11. The van der Waals surface area contributed by atoms with Gasteiger partial charge in [-0.15, -0.1) is 11.3 Å². The predicted octanol–water partition coefficient (Wildman–Crippen LogP) is 2.96. The fourth-order valence-electron chi connectivity index (χ4n) is 2.77. The van der Waals surface area contributed by atoms with Gasteiger partial charge in [-0.1, -0.05) is 0 Å². The Hall–Kier alpha value is -2.74. The van der Waals surface area contributed by atoms with Gasteiger partial charge in [-0.3, -0.25) is 14.4 Å². The van der Waals surface area contributed by atoms with E-state index in [0.717, 1.165) is 4.88 Å². The number of ether oxygens (including phenoxy) is 1. The number of hydrogen-bond donors (Lipinski definition) is 2.